The molecular formula is C30H44O4. The van der Waals surface area contributed by atoms with Crippen molar-refractivity contribution in [1.82, 2.24) is 0 Å². The Morgan fingerprint density at radius 3 is 1.24 bits per heavy atom. The molecule has 0 heterocycles. The van der Waals surface area contributed by atoms with E-state index >= 15 is 0 Å². The highest BCUT2D eigenvalue weighted by atomic mass is 16.5. The van der Waals surface area contributed by atoms with Gasteiger partial charge in [-0.25, -0.2) is 0 Å². The van der Waals surface area contributed by atoms with E-state index in [2.05, 4.69) is 83.1 Å². The number of hydrogen-bond donors (Lipinski definition) is 1. The van der Waals surface area contributed by atoms with Crippen LogP contribution in [0.25, 0.3) is 0 Å². The molecule has 2 aromatic rings. The van der Waals surface area contributed by atoms with Crippen LogP contribution in [-0.4, -0.2) is 11.1 Å². The maximum Gasteiger partial charge on any atom is 0.308 e. The Morgan fingerprint density at radius 1 is 0.618 bits per heavy atom. The standard InChI is InChI=1S/C30H44O4/c1-18(31)33-25-23(29(8,9)10)16-20(17-24(25)30(11,12)13)34-26-21(27(2,3)4)14-19(32)15-22(26)28(5,6)7/h14-17,32H,1-13H3. The Hall–Kier alpha value is -2.49. The third kappa shape index (κ3) is 6.34. The molecule has 1 N–H and O–H groups in total. The van der Waals surface area contributed by atoms with Crippen LogP contribution in [0.4, 0.5) is 0 Å². The van der Waals surface area contributed by atoms with Gasteiger partial charge in [-0.3, -0.25) is 4.79 Å². The van der Waals surface area contributed by atoms with Gasteiger partial charge in [0.1, 0.15) is 23.0 Å². The van der Waals surface area contributed by atoms with Gasteiger partial charge < -0.3 is 14.6 Å². The lowest BCUT2D eigenvalue weighted by Gasteiger charge is -2.32. The molecule has 0 aliphatic carbocycles. The van der Waals surface area contributed by atoms with Crippen molar-refractivity contribution in [3.8, 4) is 23.0 Å². The average Bonchev–Trinajstić information content (AvgIpc) is 2.59. The number of carbonyl (C=O) groups excluding carboxylic acids is 1. The average molecular weight is 469 g/mol. The van der Waals surface area contributed by atoms with E-state index in [4.69, 9.17) is 9.47 Å². The Labute approximate surface area is 206 Å². The number of ether oxygens (including phenoxy) is 2. The Balaban J connectivity index is 2.91. The summed E-state index contributed by atoms with van der Waals surface area (Å²) in [6.07, 6.45) is 0. The van der Waals surface area contributed by atoms with E-state index in [-0.39, 0.29) is 33.4 Å². The van der Waals surface area contributed by atoms with Gasteiger partial charge in [0.25, 0.3) is 0 Å². The first-order valence-corrected chi connectivity index (χ1v) is 12.1. The molecule has 0 aromatic heterocycles. The highest BCUT2D eigenvalue weighted by molar-refractivity contribution is 5.71. The topological polar surface area (TPSA) is 55.8 Å². The second-order valence-corrected chi connectivity index (χ2v) is 13.4. The summed E-state index contributed by atoms with van der Waals surface area (Å²) in [7, 11) is 0. The van der Waals surface area contributed by atoms with Gasteiger partial charge in [-0.05, 0) is 45.9 Å². The third-order valence-electron chi connectivity index (χ3n) is 5.83. The fourth-order valence-electron chi connectivity index (χ4n) is 3.98. The zero-order valence-electron chi connectivity index (χ0n) is 23.5. The number of esters is 1. The maximum absolute atomic E-state index is 12.0. The van der Waals surface area contributed by atoms with Crippen molar-refractivity contribution in [2.24, 2.45) is 0 Å². The van der Waals surface area contributed by atoms with Gasteiger partial charge >= 0.3 is 5.97 Å². The molecule has 0 amide bonds. The van der Waals surface area contributed by atoms with Crippen LogP contribution in [0.2, 0.25) is 0 Å². The molecule has 4 nitrogen and oxygen atoms in total. The van der Waals surface area contributed by atoms with E-state index < -0.39 is 0 Å². The molecule has 0 atom stereocenters. The van der Waals surface area contributed by atoms with Crippen LogP contribution < -0.4 is 9.47 Å². The summed E-state index contributed by atoms with van der Waals surface area (Å²) in [5.41, 5.74) is 2.67. The summed E-state index contributed by atoms with van der Waals surface area (Å²) < 4.78 is 12.5. The van der Waals surface area contributed by atoms with Gasteiger partial charge in [0.15, 0.2) is 0 Å². The molecule has 188 valence electrons. The summed E-state index contributed by atoms with van der Waals surface area (Å²) in [6.45, 7) is 26.8. The van der Waals surface area contributed by atoms with Crippen molar-refractivity contribution in [2.45, 2.75) is 112 Å². The van der Waals surface area contributed by atoms with E-state index in [1.54, 1.807) is 12.1 Å². The molecule has 0 fully saturated rings. The Bertz CT molecular complexity index is 995. The lowest BCUT2D eigenvalue weighted by Crippen LogP contribution is -2.22. The lowest BCUT2D eigenvalue weighted by atomic mass is 9.78. The SMILES string of the molecule is CC(=O)Oc1c(C(C)(C)C)cc(Oc2c(C(C)(C)C)cc(O)cc2C(C)(C)C)cc1C(C)(C)C. The number of rotatable bonds is 3. The summed E-state index contributed by atoms with van der Waals surface area (Å²) in [5, 5.41) is 10.5. The first-order chi connectivity index (χ1) is 15.1. The second kappa shape index (κ2) is 8.94. The maximum atomic E-state index is 12.0. The van der Waals surface area contributed by atoms with Crippen molar-refractivity contribution < 1.29 is 19.4 Å². The van der Waals surface area contributed by atoms with Crippen molar-refractivity contribution in [3.05, 3.63) is 46.5 Å². The first kappa shape index (κ1) is 27.8. The predicted molar refractivity (Wildman–Crippen MR) is 141 cm³/mol. The zero-order chi connectivity index (χ0) is 26.4. The quantitative estimate of drug-likeness (QED) is 0.363. The van der Waals surface area contributed by atoms with Crippen molar-refractivity contribution in [2.75, 3.05) is 0 Å². The van der Waals surface area contributed by atoms with Crippen LogP contribution in [-0.2, 0) is 26.5 Å². The molecule has 0 spiro atoms. The summed E-state index contributed by atoms with van der Waals surface area (Å²) >= 11 is 0. The molecule has 4 heteroatoms. The summed E-state index contributed by atoms with van der Waals surface area (Å²) in [4.78, 5) is 12.0. The van der Waals surface area contributed by atoms with Crippen LogP contribution in [0, 0.1) is 0 Å². The van der Waals surface area contributed by atoms with Gasteiger partial charge in [-0.15, -0.1) is 0 Å². The van der Waals surface area contributed by atoms with Crippen LogP contribution in [0.3, 0.4) is 0 Å². The van der Waals surface area contributed by atoms with Crippen LogP contribution in [0.1, 0.15) is 112 Å². The van der Waals surface area contributed by atoms with Gasteiger partial charge in [0.2, 0.25) is 0 Å². The van der Waals surface area contributed by atoms with Crippen LogP contribution >= 0.6 is 0 Å². The molecule has 2 rings (SSSR count). The minimum atomic E-state index is -0.340. The molecule has 0 saturated heterocycles. The number of benzene rings is 2. The van der Waals surface area contributed by atoms with Gasteiger partial charge in [0.05, 0.1) is 0 Å². The Kier molecular flexibility index (Phi) is 7.30. The van der Waals surface area contributed by atoms with Crippen molar-refractivity contribution in [1.29, 1.82) is 0 Å². The fourth-order valence-corrected chi connectivity index (χ4v) is 3.98. The number of carbonyl (C=O) groups is 1. The molecule has 0 aliphatic rings. The number of aromatic hydroxyl groups is 1. The molecule has 34 heavy (non-hydrogen) atoms. The minimum absolute atomic E-state index is 0.234. The molecule has 0 radical (unpaired) electrons. The zero-order valence-corrected chi connectivity index (χ0v) is 23.5. The summed E-state index contributed by atoms with van der Waals surface area (Å²) in [5.74, 6) is 1.95. The van der Waals surface area contributed by atoms with Crippen LogP contribution in [0.5, 0.6) is 23.0 Å². The normalized spacial score (nSPS) is 13.1. The molecule has 0 aliphatic heterocycles. The van der Waals surface area contributed by atoms with Gasteiger partial charge in [-0.2, -0.15) is 0 Å². The highest BCUT2D eigenvalue weighted by Gasteiger charge is 2.32. The molecule has 0 bridgehead atoms. The Morgan fingerprint density at radius 2 is 0.941 bits per heavy atom. The van der Waals surface area contributed by atoms with Crippen molar-refractivity contribution in [3.63, 3.8) is 0 Å². The number of phenols is 1. The largest absolute Gasteiger partial charge is 0.508 e. The predicted octanol–water partition coefficient (Wildman–Crippen LogP) is 8.30. The monoisotopic (exact) mass is 468 g/mol. The molecule has 0 saturated carbocycles. The number of hydrogen-bond acceptors (Lipinski definition) is 4. The smallest absolute Gasteiger partial charge is 0.308 e. The lowest BCUT2D eigenvalue weighted by molar-refractivity contribution is -0.132. The first-order valence-electron chi connectivity index (χ1n) is 12.1. The van der Waals surface area contributed by atoms with Gasteiger partial charge in [0, 0.05) is 29.2 Å². The van der Waals surface area contributed by atoms with E-state index in [1.165, 1.54) is 6.92 Å². The minimum Gasteiger partial charge on any atom is -0.508 e. The van der Waals surface area contributed by atoms with Crippen molar-refractivity contribution >= 4 is 5.97 Å². The van der Waals surface area contributed by atoms with Gasteiger partial charge in [-0.1, -0.05) is 83.1 Å². The van der Waals surface area contributed by atoms with E-state index in [1.807, 2.05) is 12.1 Å². The van der Waals surface area contributed by atoms with E-state index in [0.717, 1.165) is 28.0 Å². The molecule has 2 aromatic carbocycles. The second-order valence-electron chi connectivity index (χ2n) is 13.4. The fraction of sp³-hybridized carbons (Fsp3) is 0.567. The third-order valence-corrected chi connectivity index (χ3v) is 5.83. The van der Waals surface area contributed by atoms with Crippen LogP contribution in [0.15, 0.2) is 24.3 Å². The summed E-state index contributed by atoms with van der Waals surface area (Å²) in [6, 6.07) is 7.57. The molecular weight excluding hydrogens is 424 g/mol. The molecule has 0 unspecified atom stereocenters. The van der Waals surface area contributed by atoms with E-state index in [0.29, 0.717) is 11.5 Å². The number of phenolic OH excluding ortho intramolecular Hbond substituents is 1. The van der Waals surface area contributed by atoms with E-state index in [9.17, 15) is 9.90 Å². The highest BCUT2D eigenvalue weighted by Crippen LogP contribution is 2.47.